The van der Waals surface area contributed by atoms with E-state index < -0.39 is 0 Å². The first kappa shape index (κ1) is 21.3. The Hall–Kier alpha value is -3.22. The zero-order chi connectivity index (χ0) is 23.1. The lowest BCUT2D eigenvalue weighted by Crippen LogP contribution is -2.29. The van der Waals surface area contributed by atoms with Crippen LogP contribution in [-0.4, -0.2) is 35.4 Å². The summed E-state index contributed by atoms with van der Waals surface area (Å²) >= 11 is 1.77. The second kappa shape index (κ2) is 8.85. The van der Waals surface area contributed by atoms with Crippen LogP contribution in [-0.2, 0) is 11.2 Å². The first-order valence-corrected chi connectivity index (χ1v) is 12.9. The van der Waals surface area contributed by atoms with Crippen LogP contribution >= 0.6 is 11.3 Å². The van der Waals surface area contributed by atoms with Crippen LogP contribution in [0.2, 0.25) is 0 Å². The molecule has 0 radical (unpaired) electrons. The number of amides is 1. The van der Waals surface area contributed by atoms with Crippen molar-refractivity contribution < 1.29 is 4.79 Å². The molecule has 0 spiro atoms. The molecule has 1 amide bonds. The summed E-state index contributed by atoms with van der Waals surface area (Å²) in [5.74, 6) is 1.16. The highest BCUT2D eigenvalue weighted by atomic mass is 32.1. The van der Waals surface area contributed by atoms with Gasteiger partial charge in [-0.05, 0) is 59.5 Å². The molecule has 3 aromatic rings. The molecule has 172 valence electrons. The number of fused-ring (bicyclic) bond motifs is 2. The van der Waals surface area contributed by atoms with Crippen molar-refractivity contribution in [3.63, 3.8) is 0 Å². The van der Waals surface area contributed by atoms with E-state index in [2.05, 4.69) is 33.9 Å². The fourth-order valence-electron chi connectivity index (χ4n) is 5.47. The predicted octanol–water partition coefficient (Wildman–Crippen LogP) is 5.02. The third-order valence-electron chi connectivity index (χ3n) is 7.23. The molecule has 5 nitrogen and oxygen atoms in total. The van der Waals surface area contributed by atoms with Crippen molar-refractivity contribution >= 4 is 44.3 Å². The fraction of sp³-hybridized carbons (Fsp3) is 0.286. The van der Waals surface area contributed by atoms with E-state index in [0.29, 0.717) is 18.2 Å². The van der Waals surface area contributed by atoms with Gasteiger partial charge in [-0.2, -0.15) is 0 Å². The van der Waals surface area contributed by atoms with Gasteiger partial charge in [-0.3, -0.25) is 4.79 Å². The lowest BCUT2D eigenvalue weighted by Gasteiger charge is -2.24. The smallest absolute Gasteiger partial charge is 0.231 e. The van der Waals surface area contributed by atoms with E-state index in [1.54, 1.807) is 11.3 Å². The van der Waals surface area contributed by atoms with Gasteiger partial charge in [0.1, 0.15) is 5.82 Å². The number of rotatable bonds is 4. The first-order valence-electron chi connectivity index (χ1n) is 12.0. The van der Waals surface area contributed by atoms with Crippen LogP contribution in [0.15, 0.2) is 65.8 Å². The number of likely N-dealkylation sites (tertiary alicyclic amines) is 1. The molecule has 4 heterocycles. The Labute approximate surface area is 203 Å². The van der Waals surface area contributed by atoms with Crippen molar-refractivity contribution in [1.29, 1.82) is 0 Å². The number of nitrogen functional groups attached to an aromatic ring is 1. The second-order valence-electron chi connectivity index (χ2n) is 9.28. The van der Waals surface area contributed by atoms with Gasteiger partial charge in [0, 0.05) is 46.6 Å². The lowest BCUT2D eigenvalue weighted by atomic mass is 9.87. The van der Waals surface area contributed by atoms with Gasteiger partial charge in [-0.25, -0.2) is 4.98 Å². The van der Waals surface area contributed by atoms with Gasteiger partial charge in [0.15, 0.2) is 0 Å². The van der Waals surface area contributed by atoms with Gasteiger partial charge < -0.3 is 16.0 Å². The maximum Gasteiger partial charge on any atom is 0.231 e. The van der Waals surface area contributed by atoms with Crippen molar-refractivity contribution in [3.8, 4) is 0 Å². The van der Waals surface area contributed by atoms with Crippen LogP contribution in [0, 0.1) is 5.92 Å². The maximum atomic E-state index is 13.0. The summed E-state index contributed by atoms with van der Waals surface area (Å²) in [5, 5.41) is 6.71. The summed E-state index contributed by atoms with van der Waals surface area (Å²) in [6, 6.07) is 10.0. The Morgan fingerprint density at radius 3 is 2.88 bits per heavy atom. The molecular formula is C28H28N4OS. The molecular weight excluding hydrogens is 440 g/mol. The molecule has 1 fully saturated rings. The third-order valence-corrected chi connectivity index (χ3v) is 8.25. The van der Waals surface area contributed by atoms with Gasteiger partial charge in [-0.1, -0.05) is 42.5 Å². The Balaban J connectivity index is 1.30. The minimum atomic E-state index is 0.186. The number of benzene rings is 1. The molecule has 3 N–H and O–H groups in total. The lowest BCUT2D eigenvalue weighted by molar-refractivity contribution is -0.128. The molecule has 2 aliphatic heterocycles. The highest BCUT2D eigenvalue weighted by Crippen LogP contribution is 2.44. The van der Waals surface area contributed by atoms with Crippen LogP contribution < -0.4 is 11.1 Å². The molecule has 1 aromatic carbocycles. The standard InChI is InChI=1S/C28H28N4OS/c29-28-26-23(17-34-27(26)22(16-31-28)19-8-11-30-12-9-19)20-6-7-24-21(15-20)10-13-32(24)25(33)14-18-4-2-1-3-5-18/h1-8,16-17,21,30H,9-15H2,(H2,29,31). The van der Waals surface area contributed by atoms with Gasteiger partial charge in [0.05, 0.1) is 6.42 Å². The van der Waals surface area contributed by atoms with Gasteiger partial charge >= 0.3 is 0 Å². The average Bonchev–Trinajstić information content (AvgIpc) is 3.50. The third kappa shape index (κ3) is 3.77. The number of nitrogens with one attached hydrogen (secondary N) is 1. The maximum absolute atomic E-state index is 13.0. The molecule has 1 atom stereocenters. The van der Waals surface area contributed by atoms with E-state index in [0.717, 1.165) is 55.5 Å². The summed E-state index contributed by atoms with van der Waals surface area (Å²) in [7, 11) is 0. The predicted molar refractivity (Wildman–Crippen MR) is 140 cm³/mol. The van der Waals surface area contributed by atoms with Gasteiger partial charge in [0.25, 0.3) is 0 Å². The van der Waals surface area contributed by atoms with Crippen LogP contribution in [0.5, 0.6) is 0 Å². The zero-order valence-electron chi connectivity index (χ0n) is 19.1. The van der Waals surface area contributed by atoms with Crippen LogP contribution in [0.1, 0.15) is 36.0 Å². The minimum Gasteiger partial charge on any atom is -0.383 e. The number of nitrogens with zero attached hydrogens (tertiary/aromatic N) is 2. The summed E-state index contributed by atoms with van der Waals surface area (Å²) in [6.45, 7) is 2.69. The number of nitrogens with two attached hydrogens (primary N) is 1. The largest absolute Gasteiger partial charge is 0.383 e. The number of aromatic nitrogens is 1. The molecule has 34 heavy (non-hydrogen) atoms. The molecule has 3 aliphatic rings. The number of carbonyl (C=O) groups is 1. The highest BCUT2D eigenvalue weighted by Gasteiger charge is 2.34. The Morgan fingerprint density at radius 2 is 2.06 bits per heavy atom. The van der Waals surface area contributed by atoms with Crippen LogP contribution in [0.25, 0.3) is 21.2 Å². The SMILES string of the molecule is Nc1ncc(C2=CCNCC2)c2scc(C3=CC=C4C(CCN4C(=O)Cc4ccccc4)C3)c12. The Bertz CT molecular complexity index is 1350. The summed E-state index contributed by atoms with van der Waals surface area (Å²) in [5.41, 5.74) is 13.7. The number of anilines is 1. The van der Waals surface area contributed by atoms with Crippen molar-refractivity contribution in [1.82, 2.24) is 15.2 Å². The average molecular weight is 469 g/mol. The molecule has 1 saturated heterocycles. The normalized spacial score (nSPS) is 20.1. The van der Waals surface area contributed by atoms with Crippen molar-refractivity contribution in [2.24, 2.45) is 5.92 Å². The Morgan fingerprint density at radius 1 is 1.18 bits per heavy atom. The second-order valence-corrected chi connectivity index (χ2v) is 10.2. The molecule has 6 rings (SSSR count). The molecule has 6 heteroatoms. The number of pyridine rings is 1. The number of thiophene rings is 1. The molecule has 1 unspecified atom stereocenters. The summed E-state index contributed by atoms with van der Waals surface area (Å²) < 4.78 is 1.23. The van der Waals surface area contributed by atoms with E-state index in [4.69, 9.17) is 5.73 Å². The van der Waals surface area contributed by atoms with Crippen molar-refractivity contribution in [2.75, 3.05) is 25.4 Å². The van der Waals surface area contributed by atoms with Crippen molar-refractivity contribution in [2.45, 2.75) is 25.7 Å². The van der Waals surface area contributed by atoms with E-state index >= 15 is 0 Å². The van der Waals surface area contributed by atoms with E-state index in [1.807, 2.05) is 41.4 Å². The first-order chi connectivity index (χ1) is 16.7. The minimum absolute atomic E-state index is 0.186. The van der Waals surface area contributed by atoms with Gasteiger partial charge in [0.2, 0.25) is 5.91 Å². The molecule has 1 aliphatic carbocycles. The topological polar surface area (TPSA) is 71.2 Å². The Kier molecular flexibility index (Phi) is 5.55. The van der Waals surface area contributed by atoms with E-state index in [1.165, 1.54) is 27.0 Å². The highest BCUT2D eigenvalue weighted by molar-refractivity contribution is 7.18. The van der Waals surface area contributed by atoms with Crippen LogP contribution in [0.3, 0.4) is 0 Å². The number of carbonyl (C=O) groups excluding carboxylic acids is 1. The molecule has 0 saturated carbocycles. The fourth-order valence-corrected chi connectivity index (χ4v) is 6.62. The van der Waals surface area contributed by atoms with E-state index in [9.17, 15) is 4.79 Å². The van der Waals surface area contributed by atoms with Crippen molar-refractivity contribution in [3.05, 3.63) is 82.5 Å². The number of hydrogen-bond donors (Lipinski definition) is 2. The zero-order valence-corrected chi connectivity index (χ0v) is 19.9. The summed E-state index contributed by atoms with van der Waals surface area (Å²) in [6.07, 6.45) is 12.0. The van der Waals surface area contributed by atoms with Crippen LogP contribution in [0.4, 0.5) is 5.82 Å². The monoisotopic (exact) mass is 468 g/mol. The quantitative estimate of drug-likeness (QED) is 0.564. The summed E-state index contributed by atoms with van der Waals surface area (Å²) in [4.78, 5) is 19.6. The van der Waals surface area contributed by atoms with Gasteiger partial charge in [-0.15, -0.1) is 11.3 Å². The van der Waals surface area contributed by atoms with E-state index in [-0.39, 0.29) is 5.91 Å². The number of allylic oxidation sites excluding steroid dienone is 4. The molecule has 0 bridgehead atoms. The number of hydrogen-bond acceptors (Lipinski definition) is 5. The molecule has 2 aromatic heterocycles.